The Labute approximate surface area is 157 Å². The number of carbonyl (C=O) groups excluding carboxylic acids is 1. The van der Waals surface area contributed by atoms with Crippen molar-refractivity contribution >= 4 is 39.5 Å². The molecule has 0 saturated carbocycles. The number of halogens is 2. The van der Waals surface area contributed by atoms with Crippen LogP contribution in [0.15, 0.2) is 60.1 Å². The molecule has 0 unspecified atom stereocenters. The first-order valence-corrected chi connectivity index (χ1v) is 9.12. The third-order valence-electron chi connectivity index (χ3n) is 3.91. The van der Waals surface area contributed by atoms with E-state index in [2.05, 4.69) is 10.3 Å². The molecule has 0 aliphatic heterocycles. The van der Waals surface area contributed by atoms with E-state index in [9.17, 15) is 9.18 Å². The number of benzene rings is 2. The quantitative estimate of drug-likeness (QED) is 0.535. The minimum Gasteiger partial charge on any atom is -0.324 e. The largest absolute Gasteiger partial charge is 0.324 e. The highest BCUT2D eigenvalue weighted by atomic mass is 35.5. The zero-order valence-electron chi connectivity index (χ0n) is 13.4. The van der Waals surface area contributed by atoms with Gasteiger partial charge in [0, 0.05) is 22.8 Å². The number of aromatic nitrogens is 2. The van der Waals surface area contributed by atoms with Gasteiger partial charge in [-0.15, -0.1) is 11.3 Å². The van der Waals surface area contributed by atoms with Gasteiger partial charge in [-0.25, -0.2) is 9.37 Å². The molecule has 0 atom stereocenters. The molecular formula is C19H13ClFN3OS. The summed E-state index contributed by atoms with van der Waals surface area (Å²) in [6, 6.07) is 13.3. The van der Waals surface area contributed by atoms with Crippen molar-refractivity contribution in [2.45, 2.75) is 6.42 Å². The van der Waals surface area contributed by atoms with Crippen molar-refractivity contribution in [3.63, 3.8) is 0 Å². The summed E-state index contributed by atoms with van der Waals surface area (Å²) in [6.45, 7) is 0. The van der Waals surface area contributed by atoms with Crippen LogP contribution in [0.2, 0.25) is 5.02 Å². The summed E-state index contributed by atoms with van der Waals surface area (Å²) in [7, 11) is 0. The predicted octanol–water partition coefficient (Wildman–Crippen LogP) is 5.04. The number of amides is 1. The zero-order chi connectivity index (χ0) is 18.1. The molecule has 0 bridgehead atoms. The van der Waals surface area contributed by atoms with Crippen molar-refractivity contribution in [2.24, 2.45) is 0 Å². The summed E-state index contributed by atoms with van der Waals surface area (Å²) < 4.78 is 15.0. The number of thiazole rings is 1. The van der Waals surface area contributed by atoms with Gasteiger partial charge in [-0.3, -0.25) is 9.20 Å². The number of nitrogens with one attached hydrogen (secondary N) is 1. The van der Waals surface area contributed by atoms with Crippen molar-refractivity contribution < 1.29 is 9.18 Å². The van der Waals surface area contributed by atoms with Crippen LogP contribution < -0.4 is 5.32 Å². The predicted molar refractivity (Wildman–Crippen MR) is 102 cm³/mol. The summed E-state index contributed by atoms with van der Waals surface area (Å²) in [5, 5.41) is 5.22. The second kappa shape index (κ2) is 6.90. The minimum absolute atomic E-state index is 0.158. The molecule has 1 amide bonds. The molecule has 2 heterocycles. The Bertz CT molecular complexity index is 1090. The fraction of sp³-hybridized carbons (Fsp3) is 0.0526. The molecule has 1 N–H and O–H groups in total. The smallest absolute Gasteiger partial charge is 0.230 e. The lowest BCUT2D eigenvalue weighted by molar-refractivity contribution is -0.115. The van der Waals surface area contributed by atoms with Crippen LogP contribution in [0, 0.1) is 5.82 Å². The van der Waals surface area contributed by atoms with Crippen LogP contribution in [0.25, 0.3) is 16.2 Å². The third-order valence-corrected chi connectivity index (χ3v) is 5.13. The number of hydrogen-bond donors (Lipinski definition) is 1. The first-order chi connectivity index (χ1) is 12.6. The molecule has 0 aliphatic carbocycles. The lowest BCUT2D eigenvalue weighted by Gasteiger charge is -2.06. The highest BCUT2D eigenvalue weighted by Crippen LogP contribution is 2.25. The summed E-state index contributed by atoms with van der Waals surface area (Å²) in [5.74, 6) is -0.443. The molecule has 0 spiro atoms. The molecule has 130 valence electrons. The van der Waals surface area contributed by atoms with Crippen LogP contribution in [0.4, 0.5) is 10.1 Å². The third kappa shape index (κ3) is 3.34. The van der Waals surface area contributed by atoms with E-state index in [1.165, 1.54) is 23.5 Å². The molecule has 2 aromatic heterocycles. The van der Waals surface area contributed by atoms with Crippen molar-refractivity contribution in [2.75, 3.05) is 5.32 Å². The van der Waals surface area contributed by atoms with Crippen LogP contribution in [-0.2, 0) is 11.2 Å². The number of carbonyl (C=O) groups is 1. The molecule has 4 rings (SSSR count). The van der Waals surface area contributed by atoms with Gasteiger partial charge < -0.3 is 5.32 Å². The summed E-state index contributed by atoms with van der Waals surface area (Å²) in [4.78, 5) is 17.7. The van der Waals surface area contributed by atoms with Crippen molar-refractivity contribution in [1.82, 2.24) is 9.38 Å². The molecule has 2 aromatic carbocycles. The Balaban J connectivity index is 1.56. The molecule has 0 fully saturated rings. The SMILES string of the molecule is O=C(Cc1csc2nc(-c3ccc(F)cc3)cn12)Nc1ccccc1Cl. The topological polar surface area (TPSA) is 46.4 Å². The lowest BCUT2D eigenvalue weighted by atomic mass is 10.2. The van der Waals surface area contributed by atoms with Gasteiger partial charge in [-0.05, 0) is 36.4 Å². The molecule has 0 aliphatic rings. The van der Waals surface area contributed by atoms with Gasteiger partial charge in [0.2, 0.25) is 5.91 Å². The van der Waals surface area contributed by atoms with E-state index < -0.39 is 0 Å². The van der Waals surface area contributed by atoms with Gasteiger partial charge in [-0.2, -0.15) is 0 Å². The monoisotopic (exact) mass is 385 g/mol. The molecule has 4 aromatic rings. The average Bonchev–Trinajstić information content (AvgIpc) is 3.20. The molecular weight excluding hydrogens is 373 g/mol. The lowest BCUT2D eigenvalue weighted by Crippen LogP contribution is -2.15. The van der Waals surface area contributed by atoms with Crippen molar-refractivity contribution in [3.8, 4) is 11.3 Å². The van der Waals surface area contributed by atoms with Crippen molar-refractivity contribution in [3.05, 3.63) is 76.6 Å². The van der Waals surface area contributed by atoms with Crippen LogP contribution >= 0.6 is 22.9 Å². The fourth-order valence-corrected chi connectivity index (χ4v) is 3.69. The maximum atomic E-state index is 13.1. The molecule has 4 nitrogen and oxygen atoms in total. The Kier molecular flexibility index (Phi) is 4.44. The first-order valence-electron chi connectivity index (χ1n) is 7.86. The maximum absolute atomic E-state index is 13.1. The van der Waals surface area contributed by atoms with Gasteiger partial charge >= 0.3 is 0 Å². The number of imidazole rings is 1. The molecule has 0 radical (unpaired) electrons. The highest BCUT2D eigenvalue weighted by Gasteiger charge is 2.13. The number of fused-ring (bicyclic) bond motifs is 1. The van der Waals surface area contributed by atoms with Crippen LogP contribution in [0.3, 0.4) is 0 Å². The van der Waals surface area contributed by atoms with E-state index in [1.807, 2.05) is 28.1 Å². The number of rotatable bonds is 4. The number of nitrogens with zero attached hydrogens (tertiary/aromatic N) is 2. The summed E-state index contributed by atoms with van der Waals surface area (Å²) in [6.07, 6.45) is 2.06. The Hall–Kier alpha value is -2.70. The minimum atomic E-state index is -0.285. The molecule has 26 heavy (non-hydrogen) atoms. The second-order valence-corrected chi connectivity index (χ2v) is 6.96. The summed E-state index contributed by atoms with van der Waals surface area (Å²) >= 11 is 7.53. The average molecular weight is 386 g/mol. The van der Waals surface area contributed by atoms with Crippen LogP contribution in [-0.4, -0.2) is 15.3 Å². The standard InChI is InChI=1S/C19H13ClFN3OS/c20-15-3-1-2-4-16(15)22-18(25)9-14-11-26-19-23-17(10-24(14)19)12-5-7-13(21)8-6-12/h1-8,10-11H,9H2,(H,22,25). The molecule has 0 saturated heterocycles. The Morgan fingerprint density at radius 2 is 1.96 bits per heavy atom. The number of hydrogen-bond acceptors (Lipinski definition) is 3. The van der Waals surface area contributed by atoms with Crippen LogP contribution in [0.5, 0.6) is 0 Å². The first kappa shape index (κ1) is 16.8. The van der Waals surface area contributed by atoms with Gasteiger partial charge in [-0.1, -0.05) is 23.7 Å². The maximum Gasteiger partial charge on any atom is 0.230 e. The van der Waals surface area contributed by atoms with E-state index in [0.29, 0.717) is 10.7 Å². The van der Waals surface area contributed by atoms with Crippen LogP contribution in [0.1, 0.15) is 5.69 Å². The summed E-state index contributed by atoms with van der Waals surface area (Å²) in [5.41, 5.74) is 2.98. The van der Waals surface area contributed by atoms with Gasteiger partial charge in [0.1, 0.15) is 5.82 Å². The second-order valence-electron chi connectivity index (χ2n) is 5.72. The van der Waals surface area contributed by atoms with Gasteiger partial charge in [0.05, 0.1) is 22.8 Å². The molecule has 7 heteroatoms. The van der Waals surface area contributed by atoms with E-state index >= 15 is 0 Å². The van der Waals surface area contributed by atoms with E-state index in [0.717, 1.165) is 21.9 Å². The number of para-hydroxylation sites is 1. The van der Waals surface area contributed by atoms with E-state index in [4.69, 9.17) is 11.6 Å². The highest BCUT2D eigenvalue weighted by molar-refractivity contribution is 7.15. The fourth-order valence-electron chi connectivity index (χ4n) is 2.64. The van der Waals surface area contributed by atoms with E-state index in [-0.39, 0.29) is 18.1 Å². The zero-order valence-corrected chi connectivity index (χ0v) is 15.0. The van der Waals surface area contributed by atoms with Crippen molar-refractivity contribution in [1.29, 1.82) is 0 Å². The Morgan fingerprint density at radius 1 is 1.19 bits per heavy atom. The normalized spacial score (nSPS) is 11.0. The number of anilines is 1. The van der Waals surface area contributed by atoms with E-state index in [1.54, 1.807) is 24.3 Å². The van der Waals surface area contributed by atoms with Gasteiger partial charge in [0.25, 0.3) is 0 Å². The Morgan fingerprint density at radius 3 is 2.73 bits per heavy atom. The van der Waals surface area contributed by atoms with Gasteiger partial charge in [0.15, 0.2) is 4.96 Å².